The second-order valence-electron chi connectivity index (χ2n) is 3.94. The molecule has 0 fully saturated rings. The number of benzene rings is 1. The van der Waals surface area contributed by atoms with Crippen molar-refractivity contribution in [2.45, 2.75) is 12.8 Å². The molecule has 0 radical (unpaired) electrons. The predicted molar refractivity (Wildman–Crippen MR) is 70.9 cm³/mol. The molecule has 3 N–H and O–H groups in total. The summed E-state index contributed by atoms with van der Waals surface area (Å²) in [6.45, 7) is 1.46. The van der Waals surface area contributed by atoms with E-state index in [9.17, 15) is 4.79 Å². The number of ether oxygens (including phenoxy) is 2. The number of amides is 1. The van der Waals surface area contributed by atoms with Crippen LogP contribution in [0.5, 0.6) is 11.5 Å². The van der Waals surface area contributed by atoms with Gasteiger partial charge in [-0.05, 0) is 47.4 Å². The quantitative estimate of drug-likeness (QED) is 0.810. The largest absolute Gasteiger partial charge is 0.454 e. The highest BCUT2D eigenvalue weighted by atomic mass is 79.9. The van der Waals surface area contributed by atoms with E-state index in [1.807, 2.05) is 0 Å². The van der Waals surface area contributed by atoms with E-state index < -0.39 is 0 Å². The number of carbonyl (C=O) groups excluding carboxylic acids is 1. The van der Waals surface area contributed by atoms with Gasteiger partial charge in [0.25, 0.3) is 5.91 Å². The molecule has 1 aliphatic heterocycles. The van der Waals surface area contributed by atoms with Gasteiger partial charge in [0.15, 0.2) is 11.5 Å². The van der Waals surface area contributed by atoms with Crippen molar-refractivity contribution in [2.24, 2.45) is 5.73 Å². The molecule has 6 heteroatoms. The van der Waals surface area contributed by atoms with Crippen molar-refractivity contribution >= 4 is 21.8 Å². The van der Waals surface area contributed by atoms with E-state index in [1.165, 1.54) is 0 Å². The molecule has 0 atom stereocenters. The van der Waals surface area contributed by atoms with Gasteiger partial charge in [-0.2, -0.15) is 0 Å². The van der Waals surface area contributed by atoms with Crippen LogP contribution in [0.1, 0.15) is 23.2 Å². The molecule has 1 aromatic rings. The van der Waals surface area contributed by atoms with Gasteiger partial charge in [-0.25, -0.2) is 0 Å². The van der Waals surface area contributed by atoms with Crippen molar-refractivity contribution in [3.63, 3.8) is 0 Å². The van der Waals surface area contributed by atoms with E-state index in [4.69, 9.17) is 15.2 Å². The van der Waals surface area contributed by atoms with Crippen LogP contribution in [0.4, 0.5) is 0 Å². The highest BCUT2D eigenvalue weighted by molar-refractivity contribution is 9.10. The number of hydrogen-bond acceptors (Lipinski definition) is 4. The number of nitrogens with two attached hydrogens (primary N) is 1. The van der Waals surface area contributed by atoms with Gasteiger partial charge < -0.3 is 20.5 Å². The average Bonchev–Trinajstić information content (AvgIpc) is 2.83. The first-order valence-electron chi connectivity index (χ1n) is 5.80. The molecule has 0 spiro atoms. The topological polar surface area (TPSA) is 73.6 Å². The van der Waals surface area contributed by atoms with Crippen molar-refractivity contribution in [3.8, 4) is 11.5 Å². The van der Waals surface area contributed by atoms with Crippen molar-refractivity contribution in [2.75, 3.05) is 19.9 Å². The zero-order valence-electron chi connectivity index (χ0n) is 9.87. The van der Waals surface area contributed by atoms with Gasteiger partial charge in [-0.1, -0.05) is 0 Å². The maximum atomic E-state index is 11.9. The summed E-state index contributed by atoms with van der Waals surface area (Å²) in [5.74, 6) is 1.12. The minimum atomic E-state index is -0.119. The fourth-order valence-electron chi connectivity index (χ4n) is 1.67. The zero-order valence-corrected chi connectivity index (χ0v) is 11.5. The number of nitrogens with one attached hydrogen (secondary N) is 1. The average molecular weight is 315 g/mol. The molecule has 1 aliphatic rings. The van der Waals surface area contributed by atoms with Crippen molar-refractivity contribution in [1.29, 1.82) is 0 Å². The van der Waals surface area contributed by atoms with E-state index in [0.29, 0.717) is 30.2 Å². The summed E-state index contributed by atoms with van der Waals surface area (Å²) in [7, 11) is 0. The van der Waals surface area contributed by atoms with Gasteiger partial charge in [0.05, 0.1) is 4.47 Å². The van der Waals surface area contributed by atoms with Gasteiger partial charge in [0, 0.05) is 12.1 Å². The third-order valence-corrected chi connectivity index (χ3v) is 3.19. The molecule has 0 aliphatic carbocycles. The molecule has 2 rings (SSSR count). The summed E-state index contributed by atoms with van der Waals surface area (Å²) in [6.07, 6.45) is 1.79. The molecular weight excluding hydrogens is 300 g/mol. The molecule has 0 bridgehead atoms. The Morgan fingerprint density at radius 2 is 2.22 bits per heavy atom. The third kappa shape index (κ3) is 2.94. The minimum absolute atomic E-state index is 0.119. The predicted octanol–water partition coefficient (Wildman–Crippen LogP) is 1.65. The molecule has 0 aromatic heterocycles. The fraction of sp³-hybridized carbons (Fsp3) is 0.417. The Morgan fingerprint density at radius 1 is 1.39 bits per heavy atom. The van der Waals surface area contributed by atoms with Crippen LogP contribution in [0.2, 0.25) is 0 Å². The maximum absolute atomic E-state index is 11.9. The first-order chi connectivity index (χ1) is 8.72. The first kappa shape index (κ1) is 13.2. The number of fused-ring (bicyclic) bond motifs is 1. The molecule has 1 aromatic carbocycles. The Bertz CT molecular complexity index is 451. The minimum Gasteiger partial charge on any atom is -0.454 e. The Morgan fingerprint density at radius 3 is 3.00 bits per heavy atom. The normalized spacial score (nSPS) is 12.6. The fourth-order valence-corrected chi connectivity index (χ4v) is 2.23. The van der Waals surface area contributed by atoms with Crippen LogP contribution >= 0.6 is 15.9 Å². The number of halogens is 1. The lowest BCUT2D eigenvalue weighted by Crippen LogP contribution is -2.24. The van der Waals surface area contributed by atoms with Crippen LogP contribution < -0.4 is 20.5 Å². The van der Waals surface area contributed by atoms with Gasteiger partial charge >= 0.3 is 0 Å². The molecule has 1 amide bonds. The van der Waals surface area contributed by atoms with Crippen LogP contribution in [0.15, 0.2) is 16.6 Å². The van der Waals surface area contributed by atoms with Crippen molar-refractivity contribution < 1.29 is 14.3 Å². The van der Waals surface area contributed by atoms with Gasteiger partial charge in [-0.15, -0.1) is 0 Å². The molecule has 5 nitrogen and oxygen atoms in total. The Hall–Kier alpha value is -1.27. The van der Waals surface area contributed by atoms with Gasteiger partial charge in [0.2, 0.25) is 6.79 Å². The first-order valence-corrected chi connectivity index (χ1v) is 6.59. The molecule has 98 valence electrons. The van der Waals surface area contributed by atoms with Crippen LogP contribution in [0.25, 0.3) is 0 Å². The third-order valence-electron chi connectivity index (χ3n) is 2.61. The number of unbranched alkanes of at least 4 members (excludes halogenated alkanes) is 1. The van der Waals surface area contributed by atoms with Crippen molar-refractivity contribution in [3.05, 3.63) is 22.2 Å². The second kappa shape index (κ2) is 6.06. The lowest BCUT2D eigenvalue weighted by molar-refractivity contribution is 0.0952. The van der Waals surface area contributed by atoms with Crippen molar-refractivity contribution in [1.82, 2.24) is 5.32 Å². The molecular formula is C12H15BrN2O3. The summed E-state index contributed by atoms with van der Waals surface area (Å²) < 4.78 is 11.3. The van der Waals surface area contributed by atoms with Gasteiger partial charge in [-0.3, -0.25) is 4.79 Å². The van der Waals surface area contributed by atoms with E-state index in [0.717, 1.165) is 17.3 Å². The molecule has 1 heterocycles. The summed E-state index contributed by atoms with van der Waals surface area (Å²) in [5.41, 5.74) is 5.94. The number of rotatable bonds is 5. The zero-order chi connectivity index (χ0) is 13.0. The maximum Gasteiger partial charge on any atom is 0.251 e. The van der Waals surface area contributed by atoms with E-state index >= 15 is 0 Å². The molecule has 0 saturated heterocycles. The number of hydrogen-bond donors (Lipinski definition) is 2. The van der Waals surface area contributed by atoms with E-state index in [1.54, 1.807) is 12.1 Å². The molecule has 18 heavy (non-hydrogen) atoms. The number of carbonyl (C=O) groups is 1. The van der Waals surface area contributed by atoms with Crippen LogP contribution in [0, 0.1) is 0 Å². The summed E-state index contributed by atoms with van der Waals surface area (Å²) in [4.78, 5) is 11.9. The van der Waals surface area contributed by atoms with E-state index in [2.05, 4.69) is 21.2 Å². The highest BCUT2D eigenvalue weighted by Gasteiger charge is 2.20. The Balaban J connectivity index is 2.00. The summed E-state index contributed by atoms with van der Waals surface area (Å²) in [6, 6.07) is 3.41. The Labute approximate surface area is 114 Å². The highest BCUT2D eigenvalue weighted by Crippen LogP contribution is 2.39. The van der Waals surface area contributed by atoms with E-state index in [-0.39, 0.29) is 12.7 Å². The molecule has 0 saturated carbocycles. The van der Waals surface area contributed by atoms with Crippen LogP contribution in [-0.4, -0.2) is 25.8 Å². The van der Waals surface area contributed by atoms with Crippen LogP contribution in [0.3, 0.4) is 0 Å². The van der Waals surface area contributed by atoms with Crippen LogP contribution in [-0.2, 0) is 0 Å². The standard InChI is InChI=1S/C12H15BrN2O3/c13-9-5-8(6-10-11(9)18-7-17-10)12(16)15-4-2-1-3-14/h5-6H,1-4,7,14H2,(H,15,16). The lowest BCUT2D eigenvalue weighted by Gasteiger charge is -2.06. The van der Waals surface area contributed by atoms with Gasteiger partial charge in [0.1, 0.15) is 0 Å². The second-order valence-corrected chi connectivity index (χ2v) is 4.80. The Kier molecular flexibility index (Phi) is 4.43. The molecule has 0 unspecified atom stereocenters. The SMILES string of the molecule is NCCCCNC(=O)c1cc(Br)c2c(c1)OCO2. The monoisotopic (exact) mass is 314 g/mol. The lowest BCUT2D eigenvalue weighted by atomic mass is 10.2. The summed E-state index contributed by atoms with van der Waals surface area (Å²) in [5, 5.41) is 2.84. The summed E-state index contributed by atoms with van der Waals surface area (Å²) >= 11 is 3.36. The smallest absolute Gasteiger partial charge is 0.251 e.